The lowest BCUT2D eigenvalue weighted by molar-refractivity contribution is -0.120. The molecule has 0 atom stereocenters. The molecule has 2 aromatic rings. The van der Waals surface area contributed by atoms with Crippen molar-refractivity contribution in [3.8, 4) is 11.3 Å². The predicted molar refractivity (Wildman–Crippen MR) is 85.5 cm³/mol. The fraction of sp³-hybridized carbons (Fsp3) is 0.333. The highest BCUT2D eigenvalue weighted by Gasteiger charge is 2.20. The van der Waals surface area contributed by atoms with Crippen molar-refractivity contribution in [2.75, 3.05) is 18.4 Å². The molecular formula is C15H19ClN4O. The van der Waals surface area contributed by atoms with Crippen LogP contribution in [0, 0.1) is 5.92 Å². The number of aromatic nitrogens is 2. The van der Waals surface area contributed by atoms with Gasteiger partial charge in [0.05, 0.1) is 5.69 Å². The molecule has 1 aromatic carbocycles. The summed E-state index contributed by atoms with van der Waals surface area (Å²) in [6, 6.07) is 9.72. The number of anilines is 1. The van der Waals surface area contributed by atoms with Gasteiger partial charge in [0, 0.05) is 23.4 Å². The summed E-state index contributed by atoms with van der Waals surface area (Å²) in [7, 11) is 0. The van der Waals surface area contributed by atoms with E-state index in [1.807, 2.05) is 30.3 Å². The number of benzene rings is 1. The molecule has 1 amide bonds. The molecule has 0 bridgehead atoms. The summed E-state index contributed by atoms with van der Waals surface area (Å²) >= 11 is 0. The molecule has 1 aromatic heterocycles. The van der Waals surface area contributed by atoms with Gasteiger partial charge in [0.2, 0.25) is 5.91 Å². The minimum atomic E-state index is 0. The van der Waals surface area contributed by atoms with Crippen LogP contribution in [0.4, 0.5) is 5.69 Å². The van der Waals surface area contributed by atoms with Gasteiger partial charge in [-0.25, -0.2) is 0 Å². The number of aromatic amines is 1. The molecule has 112 valence electrons. The molecule has 21 heavy (non-hydrogen) atoms. The monoisotopic (exact) mass is 306 g/mol. The SMILES string of the molecule is Cl.O=C(Nc1cccc(-c2ccn[nH]2)c1)C1CCNCC1. The molecule has 1 aliphatic heterocycles. The molecule has 2 heterocycles. The number of carbonyl (C=O) groups is 1. The number of H-pyrrole nitrogens is 1. The molecule has 6 heteroatoms. The van der Waals surface area contributed by atoms with E-state index in [0.717, 1.165) is 42.9 Å². The summed E-state index contributed by atoms with van der Waals surface area (Å²) in [5.41, 5.74) is 2.80. The number of rotatable bonds is 3. The fourth-order valence-electron chi connectivity index (χ4n) is 2.51. The van der Waals surface area contributed by atoms with Crippen LogP contribution >= 0.6 is 12.4 Å². The van der Waals surface area contributed by atoms with Crippen molar-refractivity contribution in [1.82, 2.24) is 15.5 Å². The van der Waals surface area contributed by atoms with E-state index in [-0.39, 0.29) is 24.2 Å². The van der Waals surface area contributed by atoms with Crippen LogP contribution in [0.5, 0.6) is 0 Å². The number of hydrogen-bond donors (Lipinski definition) is 3. The van der Waals surface area contributed by atoms with E-state index >= 15 is 0 Å². The van der Waals surface area contributed by atoms with Crippen LogP contribution in [0.3, 0.4) is 0 Å². The Bertz CT molecular complexity index is 579. The van der Waals surface area contributed by atoms with E-state index < -0.39 is 0 Å². The molecule has 1 fully saturated rings. The van der Waals surface area contributed by atoms with Crippen LogP contribution in [-0.4, -0.2) is 29.2 Å². The summed E-state index contributed by atoms with van der Waals surface area (Å²) in [5.74, 6) is 0.236. The van der Waals surface area contributed by atoms with Gasteiger partial charge in [-0.2, -0.15) is 5.10 Å². The molecular weight excluding hydrogens is 288 g/mol. The lowest BCUT2D eigenvalue weighted by Gasteiger charge is -2.21. The molecule has 5 nitrogen and oxygen atoms in total. The van der Waals surface area contributed by atoms with Gasteiger partial charge in [-0.15, -0.1) is 12.4 Å². The second-order valence-electron chi connectivity index (χ2n) is 5.06. The van der Waals surface area contributed by atoms with Crippen LogP contribution < -0.4 is 10.6 Å². The zero-order valence-corrected chi connectivity index (χ0v) is 12.5. The molecule has 3 rings (SSSR count). The van der Waals surface area contributed by atoms with Crippen molar-refractivity contribution < 1.29 is 4.79 Å². The maximum Gasteiger partial charge on any atom is 0.227 e. The predicted octanol–water partition coefficient (Wildman–Crippen LogP) is 2.44. The fourth-order valence-corrected chi connectivity index (χ4v) is 2.51. The van der Waals surface area contributed by atoms with E-state index in [0.29, 0.717) is 0 Å². The Morgan fingerprint density at radius 1 is 1.24 bits per heavy atom. The van der Waals surface area contributed by atoms with Gasteiger partial charge < -0.3 is 10.6 Å². The first-order valence-corrected chi connectivity index (χ1v) is 6.94. The number of hydrogen-bond acceptors (Lipinski definition) is 3. The van der Waals surface area contributed by atoms with Crippen molar-refractivity contribution in [1.29, 1.82) is 0 Å². The zero-order valence-electron chi connectivity index (χ0n) is 11.6. The normalized spacial score (nSPS) is 15.2. The van der Waals surface area contributed by atoms with E-state index in [4.69, 9.17) is 0 Å². The first kappa shape index (κ1) is 15.5. The topological polar surface area (TPSA) is 69.8 Å². The third-order valence-electron chi connectivity index (χ3n) is 3.65. The Morgan fingerprint density at radius 3 is 2.76 bits per heavy atom. The molecule has 0 saturated carbocycles. The number of amides is 1. The summed E-state index contributed by atoms with van der Waals surface area (Å²) in [5, 5.41) is 13.2. The van der Waals surface area contributed by atoms with E-state index in [1.165, 1.54) is 0 Å². The molecule has 0 unspecified atom stereocenters. The van der Waals surface area contributed by atoms with Crippen LogP contribution in [-0.2, 0) is 4.79 Å². The van der Waals surface area contributed by atoms with Gasteiger partial charge in [-0.05, 0) is 44.1 Å². The van der Waals surface area contributed by atoms with Gasteiger partial charge in [-0.1, -0.05) is 12.1 Å². The van der Waals surface area contributed by atoms with Crippen molar-refractivity contribution in [3.63, 3.8) is 0 Å². The molecule has 0 aliphatic carbocycles. The minimum absolute atomic E-state index is 0. The zero-order chi connectivity index (χ0) is 13.8. The van der Waals surface area contributed by atoms with Crippen LogP contribution in [0.1, 0.15) is 12.8 Å². The first-order chi connectivity index (χ1) is 9.83. The molecule has 1 saturated heterocycles. The van der Waals surface area contributed by atoms with Crippen molar-refractivity contribution >= 4 is 24.0 Å². The lowest BCUT2D eigenvalue weighted by Crippen LogP contribution is -2.34. The minimum Gasteiger partial charge on any atom is -0.326 e. The van der Waals surface area contributed by atoms with Gasteiger partial charge in [0.25, 0.3) is 0 Å². The van der Waals surface area contributed by atoms with E-state index in [1.54, 1.807) is 6.20 Å². The number of carbonyl (C=O) groups excluding carboxylic acids is 1. The maximum absolute atomic E-state index is 12.2. The number of piperidine rings is 1. The van der Waals surface area contributed by atoms with Gasteiger partial charge >= 0.3 is 0 Å². The number of nitrogens with zero attached hydrogens (tertiary/aromatic N) is 1. The molecule has 0 radical (unpaired) electrons. The Labute approximate surface area is 129 Å². The van der Waals surface area contributed by atoms with Crippen LogP contribution in [0.25, 0.3) is 11.3 Å². The van der Waals surface area contributed by atoms with Gasteiger partial charge in [0.15, 0.2) is 0 Å². The Kier molecular flexibility index (Phi) is 5.36. The van der Waals surface area contributed by atoms with Crippen molar-refractivity contribution in [2.45, 2.75) is 12.8 Å². The lowest BCUT2D eigenvalue weighted by atomic mass is 9.97. The second kappa shape index (κ2) is 7.24. The molecule has 0 spiro atoms. The van der Waals surface area contributed by atoms with Crippen molar-refractivity contribution in [2.24, 2.45) is 5.92 Å². The van der Waals surface area contributed by atoms with Gasteiger partial charge in [0.1, 0.15) is 0 Å². The summed E-state index contributed by atoms with van der Waals surface area (Å²) in [6.07, 6.45) is 3.54. The van der Waals surface area contributed by atoms with Crippen molar-refractivity contribution in [3.05, 3.63) is 36.5 Å². The van der Waals surface area contributed by atoms with Crippen LogP contribution in [0.15, 0.2) is 36.5 Å². The Morgan fingerprint density at radius 2 is 2.05 bits per heavy atom. The van der Waals surface area contributed by atoms with E-state index in [2.05, 4.69) is 20.8 Å². The quantitative estimate of drug-likeness (QED) is 0.816. The summed E-state index contributed by atoms with van der Waals surface area (Å²) < 4.78 is 0. The highest BCUT2D eigenvalue weighted by atomic mass is 35.5. The molecule has 3 N–H and O–H groups in total. The third-order valence-corrected chi connectivity index (χ3v) is 3.65. The van der Waals surface area contributed by atoms with Crippen LogP contribution in [0.2, 0.25) is 0 Å². The third kappa shape index (κ3) is 3.83. The van der Waals surface area contributed by atoms with E-state index in [9.17, 15) is 4.79 Å². The standard InChI is InChI=1S/C15H18N4O.ClH/c20-15(11-4-7-16-8-5-11)18-13-3-1-2-12(10-13)14-6-9-17-19-14;/h1-3,6,9-11,16H,4-5,7-8H2,(H,17,19)(H,18,20);1H. The number of nitrogens with one attached hydrogen (secondary N) is 3. The highest BCUT2D eigenvalue weighted by Crippen LogP contribution is 2.21. The summed E-state index contributed by atoms with van der Waals surface area (Å²) in [4.78, 5) is 12.2. The smallest absolute Gasteiger partial charge is 0.227 e. The van der Waals surface area contributed by atoms with Gasteiger partial charge in [-0.3, -0.25) is 9.89 Å². The number of halogens is 1. The maximum atomic E-state index is 12.2. The Balaban J connectivity index is 0.00000161. The first-order valence-electron chi connectivity index (χ1n) is 6.94. The highest BCUT2D eigenvalue weighted by molar-refractivity contribution is 5.93. The molecule has 1 aliphatic rings. The average molecular weight is 307 g/mol. The summed E-state index contributed by atoms with van der Waals surface area (Å²) in [6.45, 7) is 1.85. The Hall–Kier alpha value is -1.85. The second-order valence-corrected chi connectivity index (χ2v) is 5.06. The largest absolute Gasteiger partial charge is 0.326 e. The average Bonchev–Trinajstić information content (AvgIpc) is 3.03.